The van der Waals surface area contributed by atoms with E-state index in [1.54, 1.807) is 29.1 Å². The van der Waals surface area contributed by atoms with Crippen molar-refractivity contribution in [2.24, 2.45) is 0 Å². The van der Waals surface area contributed by atoms with Gasteiger partial charge in [0.2, 0.25) is 5.91 Å². The summed E-state index contributed by atoms with van der Waals surface area (Å²) in [5.74, 6) is -0.105. The highest BCUT2D eigenvalue weighted by Crippen LogP contribution is 2.30. The maximum Gasteiger partial charge on any atom is 0.230 e. The fourth-order valence-corrected chi connectivity index (χ4v) is 4.80. The van der Waals surface area contributed by atoms with Crippen LogP contribution < -0.4 is 16.2 Å². The lowest BCUT2D eigenvalue weighted by Crippen LogP contribution is -2.47. The van der Waals surface area contributed by atoms with Crippen molar-refractivity contribution in [2.75, 3.05) is 5.75 Å². The van der Waals surface area contributed by atoms with Crippen LogP contribution in [-0.4, -0.2) is 49.5 Å². The summed E-state index contributed by atoms with van der Waals surface area (Å²) in [4.78, 5) is 22.0. The zero-order valence-electron chi connectivity index (χ0n) is 18.7. The van der Waals surface area contributed by atoms with Gasteiger partial charge in [-0.15, -0.1) is 0 Å². The van der Waals surface area contributed by atoms with Crippen LogP contribution in [0, 0.1) is 5.82 Å². The molecule has 0 radical (unpaired) electrons. The number of carbonyl (C=O) groups excluding carboxylic acids is 1. The number of hydrazine groups is 1. The van der Waals surface area contributed by atoms with Gasteiger partial charge in [0, 0.05) is 12.1 Å². The summed E-state index contributed by atoms with van der Waals surface area (Å²) >= 11 is 1.29. The molecular formula is C24H24FN7OS. The lowest BCUT2D eigenvalue weighted by Gasteiger charge is -2.19. The van der Waals surface area contributed by atoms with Gasteiger partial charge >= 0.3 is 0 Å². The van der Waals surface area contributed by atoms with Gasteiger partial charge in [0.05, 0.1) is 34.6 Å². The lowest BCUT2D eigenvalue weighted by molar-refractivity contribution is -0.119. The van der Waals surface area contributed by atoms with E-state index in [9.17, 15) is 9.18 Å². The summed E-state index contributed by atoms with van der Waals surface area (Å²) in [5, 5.41) is 8.85. The molecular weight excluding hydrogens is 453 g/mol. The number of halogens is 1. The number of rotatable bonds is 6. The molecule has 0 bridgehead atoms. The van der Waals surface area contributed by atoms with Crippen LogP contribution in [0.4, 0.5) is 4.39 Å². The predicted molar refractivity (Wildman–Crippen MR) is 130 cm³/mol. The van der Waals surface area contributed by atoms with Crippen molar-refractivity contribution in [3.63, 3.8) is 0 Å². The highest BCUT2D eigenvalue weighted by molar-refractivity contribution is 8.00. The molecule has 2 unspecified atom stereocenters. The molecule has 0 saturated carbocycles. The van der Waals surface area contributed by atoms with Gasteiger partial charge in [-0.3, -0.25) is 15.6 Å². The van der Waals surface area contributed by atoms with Crippen LogP contribution in [0.25, 0.3) is 28.1 Å². The first-order valence-corrected chi connectivity index (χ1v) is 12.0. The van der Waals surface area contributed by atoms with Gasteiger partial charge in [0.1, 0.15) is 10.8 Å². The molecule has 2 atom stereocenters. The average Bonchev–Trinajstić information content (AvgIpc) is 3.42. The third-order valence-corrected chi connectivity index (χ3v) is 6.78. The van der Waals surface area contributed by atoms with Crippen LogP contribution in [-0.2, 0) is 4.79 Å². The molecule has 0 aliphatic carbocycles. The second kappa shape index (κ2) is 9.49. The molecule has 34 heavy (non-hydrogen) atoms. The zero-order chi connectivity index (χ0) is 23.7. The molecule has 4 aromatic rings. The van der Waals surface area contributed by atoms with Crippen LogP contribution in [0.3, 0.4) is 0 Å². The fraction of sp³-hybridized carbons (Fsp3) is 0.250. The molecule has 5 rings (SSSR count). The highest BCUT2D eigenvalue weighted by atomic mass is 32.2. The normalized spacial score (nSPS) is 20.0. The Balaban J connectivity index is 1.49. The van der Waals surface area contributed by atoms with Gasteiger partial charge in [-0.2, -0.15) is 5.10 Å². The number of amides is 1. The van der Waals surface area contributed by atoms with Crippen LogP contribution in [0.15, 0.2) is 65.8 Å². The Labute approximate surface area is 200 Å². The molecule has 10 heteroatoms. The van der Waals surface area contributed by atoms with E-state index < -0.39 is 5.82 Å². The Morgan fingerprint density at radius 1 is 1.06 bits per heavy atom. The van der Waals surface area contributed by atoms with E-state index in [0.717, 1.165) is 5.69 Å². The second-order valence-electron chi connectivity index (χ2n) is 8.21. The Kier molecular flexibility index (Phi) is 6.27. The smallest absolute Gasteiger partial charge is 0.230 e. The zero-order valence-corrected chi connectivity index (χ0v) is 19.5. The number of thioether (sulfide) groups is 1. The minimum atomic E-state index is -0.412. The third-order valence-electron chi connectivity index (χ3n) is 5.79. The molecule has 2 aromatic carbocycles. The molecule has 1 aliphatic heterocycles. The van der Waals surface area contributed by atoms with Crippen LogP contribution in [0.5, 0.6) is 0 Å². The first-order valence-electron chi connectivity index (χ1n) is 11.0. The van der Waals surface area contributed by atoms with Crippen molar-refractivity contribution in [3.8, 4) is 17.1 Å². The van der Waals surface area contributed by atoms with E-state index in [2.05, 4.69) is 31.2 Å². The third kappa shape index (κ3) is 4.39. The van der Waals surface area contributed by atoms with E-state index in [1.807, 2.05) is 44.2 Å². The highest BCUT2D eigenvalue weighted by Gasteiger charge is 2.31. The first-order chi connectivity index (χ1) is 16.5. The number of nitrogens with one attached hydrogen (secondary N) is 3. The molecule has 1 fully saturated rings. The SMILES string of the molecule is CC1NNC(C)C1NC(=O)CSc1nc(-c2ccccc2F)nc2c1cnn2-c1ccccc1. The topological polar surface area (TPSA) is 96.8 Å². The largest absolute Gasteiger partial charge is 0.349 e. The summed E-state index contributed by atoms with van der Waals surface area (Å²) in [6, 6.07) is 16.2. The Morgan fingerprint density at radius 3 is 2.50 bits per heavy atom. The van der Waals surface area contributed by atoms with Crippen molar-refractivity contribution >= 4 is 28.7 Å². The van der Waals surface area contributed by atoms with Gasteiger partial charge in [-0.1, -0.05) is 42.1 Å². The molecule has 1 aliphatic rings. The molecule has 2 aromatic heterocycles. The van der Waals surface area contributed by atoms with Crippen LogP contribution in [0.2, 0.25) is 0 Å². The number of benzene rings is 2. The van der Waals surface area contributed by atoms with Crippen LogP contribution in [0.1, 0.15) is 13.8 Å². The molecule has 1 saturated heterocycles. The number of fused-ring (bicyclic) bond motifs is 1. The van der Waals surface area contributed by atoms with Gasteiger partial charge in [0.25, 0.3) is 0 Å². The van der Waals surface area contributed by atoms with E-state index >= 15 is 0 Å². The van der Waals surface area contributed by atoms with E-state index in [0.29, 0.717) is 21.6 Å². The van der Waals surface area contributed by atoms with Gasteiger partial charge in [0.15, 0.2) is 11.5 Å². The fourth-order valence-electron chi connectivity index (χ4n) is 4.00. The van der Waals surface area contributed by atoms with Crippen LogP contribution >= 0.6 is 11.8 Å². The molecule has 8 nitrogen and oxygen atoms in total. The van der Waals surface area contributed by atoms with E-state index in [4.69, 9.17) is 0 Å². The van der Waals surface area contributed by atoms with E-state index in [-0.39, 0.29) is 35.6 Å². The van der Waals surface area contributed by atoms with Crippen molar-refractivity contribution in [3.05, 3.63) is 66.6 Å². The van der Waals surface area contributed by atoms with Crippen molar-refractivity contribution < 1.29 is 9.18 Å². The van der Waals surface area contributed by atoms with Crippen molar-refractivity contribution in [1.29, 1.82) is 0 Å². The molecule has 3 heterocycles. The minimum absolute atomic E-state index is 0.0201. The summed E-state index contributed by atoms with van der Waals surface area (Å²) in [6.45, 7) is 4.03. The lowest BCUT2D eigenvalue weighted by atomic mass is 10.1. The average molecular weight is 478 g/mol. The molecule has 3 N–H and O–H groups in total. The maximum absolute atomic E-state index is 14.6. The number of aromatic nitrogens is 4. The summed E-state index contributed by atoms with van der Waals surface area (Å²) in [6.07, 6.45) is 1.68. The van der Waals surface area contributed by atoms with Gasteiger partial charge < -0.3 is 5.32 Å². The maximum atomic E-state index is 14.6. The van der Waals surface area contributed by atoms with Crippen molar-refractivity contribution in [2.45, 2.75) is 37.0 Å². The molecule has 0 spiro atoms. The Bertz CT molecular complexity index is 1320. The number of hydrogen-bond donors (Lipinski definition) is 3. The monoisotopic (exact) mass is 477 g/mol. The Hall–Kier alpha value is -3.34. The Morgan fingerprint density at radius 2 is 1.76 bits per heavy atom. The summed E-state index contributed by atoms with van der Waals surface area (Å²) < 4.78 is 16.3. The summed E-state index contributed by atoms with van der Waals surface area (Å²) in [7, 11) is 0. The van der Waals surface area contributed by atoms with Gasteiger partial charge in [-0.25, -0.2) is 19.0 Å². The minimum Gasteiger partial charge on any atom is -0.349 e. The standard InChI is InChI=1S/C24H24FN7OS/c1-14-21(15(2)31-30-14)27-20(33)13-34-24-18-12-26-32(16-8-4-3-5-9-16)23(18)28-22(29-24)17-10-6-7-11-19(17)25/h3-12,14-15,21,30-31H,13H2,1-2H3,(H,27,33). The second-order valence-corrected chi connectivity index (χ2v) is 9.17. The number of carbonyl (C=O) groups is 1. The number of hydrogen-bond acceptors (Lipinski definition) is 7. The molecule has 1 amide bonds. The van der Waals surface area contributed by atoms with E-state index in [1.165, 1.54) is 17.8 Å². The first kappa shape index (κ1) is 22.5. The summed E-state index contributed by atoms with van der Waals surface area (Å²) in [5.41, 5.74) is 7.94. The van der Waals surface area contributed by atoms with Crippen molar-refractivity contribution in [1.82, 2.24) is 35.9 Å². The molecule has 174 valence electrons. The number of nitrogens with zero attached hydrogens (tertiary/aromatic N) is 4. The predicted octanol–water partition coefficient (Wildman–Crippen LogP) is 3.08. The quantitative estimate of drug-likeness (QED) is 0.290. The van der Waals surface area contributed by atoms with Gasteiger partial charge in [-0.05, 0) is 38.1 Å². The number of para-hydroxylation sites is 1.